The Labute approximate surface area is 111 Å². The van der Waals surface area contributed by atoms with Gasteiger partial charge in [0.05, 0.1) is 12.7 Å². The van der Waals surface area contributed by atoms with E-state index in [0.717, 1.165) is 24.2 Å². The van der Waals surface area contributed by atoms with E-state index < -0.39 is 5.60 Å². The lowest BCUT2D eigenvalue weighted by Gasteiger charge is -2.33. The van der Waals surface area contributed by atoms with Gasteiger partial charge in [0.1, 0.15) is 5.75 Å². The van der Waals surface area contributed by atoms with Crippen LogP contribution in [0, 0.1) is 11.8 Å². The number of hydrogen-bond donors (Lipinski definition) is 1. The third kappa shape index (κ3) is 3.74. The summed E-state index contributed by atoms with van der Waals surface area (Å²) in [6.07, 6.45) is 1.51. The van der Waals surface area contributed by atoms with E-state index >= 15 is 0 Å². The SMILES string of the molecule is COc1ccccc1C(O)(CC(C)C)CC(C)C. The van der Waals surface area contributed by atoms with Gasteiger partial charge in [-0.3, -0.25) is 0 Å². The Bertz CT molecular complexity index is 359. The maximum Gasteiger partial charge on any atom is 0.124 e. The van der Waals surface area contributed by atoms with Gasteiger partial charge in [0, 0.05) is 5.56 Å². The molecular weight excluding hydrogens is 224 g/mol. The van der Waals surface area contributed by atoms with Crippen LogP contribution in [-0.4, -0.2) is 12.2 Å². The highest BCUT2D eigenvalue weighted by atomic mass is 16.5. The van der Waals surface area contributed by atoms with Crippen molar-refractivity contribution in [1.29, 1.82) is 0 Å². The highest BCUT2D eigenvalue weighted by Gasteiger charge is 2.33. The summed E-state index contributed by atoms with van der Waals surface area (Å²) >= 11 is 0. The lowest BCUT2D eigenvalue weighted by molar-refractivity contribution is -0.00638. The first-order valence-electron chi connectivity index (χ1n) is 6.75. The average molecular weight is 250 g/mol. The van der Waals surface area contributed by atoms with Crippen molar-refractivity contribution in [2.75, 3.05) is 7.11 Å². The van der Waals surface area contributed by atoms with Gasteiger partial charge in [-0.05, 0) is 30.7 Å². The fourth-order valence-electron chi connectivity index (χ4n) is 2.68. The molecule has 2 nitrogen and oxygen atoms in total. The Balaban J connectivity index is 3.15. The summed E-state index contributed by atoms with van der Waals surface area (Å²) in [5.41, 5.74) is 0.115. The Morgan fingerprint density at radius 3 is 2.00 bits per heavy atom. The summed E-state index contributed by atoms with van der Waals surface area (Å²) in [6, 6.07) is 7.79. The highest BCUT2D eigenvalue weighted by Crippen LogP contribution is 2.39. The Kier molecular flexibility index (Phi) is 5.21. The first-order valence-corrected chi connectivity index (χ1v) is 6.75. The predicted molar refractivity (Wildman–Crippen MR) is 75.8 cm³/mol. The molecule has 0 bridgehead atoms. The molecule has 0 atom stereocenters. The largest absolute Gasteiger partial charge is 0.496 e. The zero-order valence-electron chi connectivity index (χ0n) is 12.2. The van der Waals surface area contributed by atoms with E-state index in [1.54, 1.807) is 7.11 Å². The summed E-state index contributed by atoms with van der Waals surface area (Å²) < 4.78 is 5.39. The van der Waals surface area contributed by atoms with E-state index in [1.165, 1.54) is 0 Å². The van der Waals surface area contributed by atoms with Crippen LogP contribution in [0.2, 0.25) is 0 Å². The minimum Gasteiger partial charge on any atom is -0.496 e. The summed E-state index contributed by atoms with van der Waals surface area (Å²) in [7, 11) is 1.66. The molecule has 2 heteroatoms. The molecule has 0 aliphatic carbocycles. The number of aliphatic hydroxyl groups is 1. The maximum atomic E-state index is 11.1. The molecule has 0 aliphatic rings. The first kappa shape index (κ1) is 15.0. The van der Waals surface area contributed by atoms with E-state index in [-0.39, 0.29) is 0 Å². The van der Waals surface area contributed by atoms with Crippen molar-refractivity contribution in [3.05, 3.63) is 29.8 Å². The third-order valence-corrected chi connectivity index (χ3v) is 3.10. The zero-order valence-corrected chi connectivity index (χ0v) is 12.2. The van der Waals surface area contributed by atoms with Gasteiger partial charge in [-0.2, -0.15) is 0 Å². The molecule has 18 heavy (non-hydrogen) atoms. The molecule has 0 aromatic heterocycles. The molecule has 0 spiro atoms. The number of hydrogen-bond acceptors (Lipinski definition) is 2. The topological polar surface area (TPSA) is 29.5 Å². The molecule has 0 aliphatic heterocycles. The van der Waals surface area contributed by atoms with Crippen LogP contribution < -0.4 is 4.74 Å². The minimum atomic E-state index is -0.797. The van der Waals surface area contributed by atoms with Gasteiger partial charge < -0.3 is 9.84 Å². The van der Waals surface area contributed by atoms with Crippen molar-refractivity contribution in [2.24, 2.45) is 11.8 Å². The number of ether oxygens (including phenoxy) is 1. The lowest BCUT2D eigenvalue weighted by atomic mass is 9.79. The van der Waals surface area contributed by atoms with Crippen molar-refractivity contribution in [3.8, 4) is 5.75 Å². The van der Waals surface area contributed by atoms with Gasteiger partial charge in [0.25, 0.3) is 0 Å². The Morgan fingerprint density at radius 1 is 1.06 bits per heavy atom. The summed E-state index contributed by atoms with van der Waals surface area (Å²) in [6.45, 7) is 8.56. The molecular formula is C16H26O2. The maximum absolute atomic E-state index is 11.1. The smallest absolute Gasteiger partial charge is 0.124 e. The molecule has 0 unspecified atom stereocenters. The molecule has 0 heterocycles. The molecule has 0 amide bonds. The Hall–Kier alpha value is -1.02. The predicted octanol–water partition coefficient (Wildman–Crippen LogP) is 3.98. The van der Waals surface area contributed by atoms with Crippen LogP contribution in [0.4, 0.5) is 0 Å². The minimum absolute atomic E-state index is 0.443. The third-order valence-electron chi connectivity index (χ3n) is 3.10. The lowest BCUT2D eigenvalue weighted by Crippen LogP contribution is -2.30. The monoisotopic (exact) mass is 250 g/mol. The van der Waals surface area contributed by atoms with Crippen LogP contribution in [0.5, 0.6) is 5.75 Å². The van der Waals surface area contributed by atoms with Gasteiger partial charge in [0.15, 0.2) is 0 Å². The van der Waals surface area contributed by atoms with E-state index in [1.807, 2.05) is 24.3 Å². The summed E-state index contributed by atoms with van der Waals surface area (Å²) in [5.74, 6) is 1.67. The van der Waals surface area contributed by atoms with Crippen LogP contribution in [0.25, 0.3) is 0 Å². The standard InChI is InChI=1S/C16H26O2/c1-12(2)10-16(17,11-13(3)4)14-8-6-7-9-15(14)18-5/h6-9,12-13,17H,10-11H2,1-5H3. The molecule has 0 saturated carbocycles. The van der Waals surface area contributed by atoms with Crippen LogP contribution in [0.3, 0.4) is 0 Å². The second-order valence-corrected chi connectivity index (χ2v) is 5.93. The van der Waals surface area contributed by atoms with E-state index in [4.69, 9.17) is 4.74 Å². The fourth-order valence-corrected chi connectivity index (χ4v) is 2.68. The molecule has 102 valence electrons. The summed E-state index contributed by atoms with van der Waals surface area (Å²) in [4.78, 5) is 0. The van der Waals surface area contributed by atoms with Gasteiger partial charge in [0.2, 0.25) is 0 Å². The normalized spacial score (nSPS) is 12.2. The molecule has 0 radical (unpaired) electrons. The quantitative estimate of drug-likeness (QED) is 0.827. The zero-order chi connectivity index (χ0) is 13.8. The fraction of sp³-hybridized carbons (Fsp3) is 0.625. The van der Waals surface area contributed by atoms with Crippen molar-refractivity contribution in [1.82, 2.24) is 0 Å². The second-order valence-electron chi connectivity index (χ2n) is 5.93. The van der Waals surface area contributed by atoms with Crippen molar-refractivity contribution < 1.29 is 9.84 Å². The number of rotatable bonds is 6. The molecule has 1 aromatic carbocycles. The second kappa shape index (κ2) is 6.24. The average Bonchev–Trinajstić information content (AvgIpc) is 2.26. The number of para-hydroxylation sites is 1. The van der Waals surface area contributed by atoms with Gasteiger partial charge in [-0.25, -0.2) is 0 Å². The van der Waals surface area contributed by atoms with Gasteiger partial charge >= 0.3 is 0 Å². The van der Waals surface area contributed by atoms with E-state index in [9.17, 15) is 5.11 Å². The molecule has 0 saturated heterocycles. The van der Waals surface area contributed by atoms with Crippen LogP contribution in [0.15, 0.2) is 24.3 Å². The van der Waals surface area contributed by atoms with E-state index in [0.29, 0.717) is 11.8 Å². The van der Waals surface area contributed by atoms with Crippen molar-refractivity contribution in [2.45, 2.75) is 46.1 Å². The number of benzene rings is 1. The van der Waals surface area contributed by atoms with Crippen molar-refractivity contribution in [3.63, 3.8) is 0 Å². The highest BCUT2D eigenvalue weighted by molar-refractivity contribution is 5.38. The van der Waals surface area contributed by atoms with Crippen molar-refractivity contribution >= 4 is 0 Å². The molecule has 0 fully saturated rings. The molecule has 1 aromatic rings. The van der Waals surface area contributed by atoms with Gasteiger partial charge in [-0.1, -0.05) is 45.9 Å². The van der Waals surface area contributed by atoms with E-state index in [2.05, 4.69) is 27.7 Å². The number of methoxy groups -OCH3 is 1. The van der Waals surface area contributed by atoms with Crippen LogP contribution in [-0.2, 0) is 5.60 Å². The molecule has 1 rings (SSSR count). The van der Waals surface area contributed by atoms with Crippen LogP contribution >= 0.6 is 0 Å². The van der Waals surface area contributed by atoms with Gasteiger partial charge in [-0.15, -0.1) is 0 Å². The molecule has 1 N–H and O–H groups in total. The Morgan fingerprint density at radius 2 is 1.56 bits per heavy atom. The first-order chi connectivity index (χ1) is 8.39. The summed E-state index contributed by atoms with van der Waals surface area (Å²) in [5, 5.41) is 11.1. The van der Waals surface area contributed by atoms with Crippen LogP contribution in [0.1, 0.15) is 46.1 Å².